The molecule has 4 heterocycles. The van der Waals surface area contributed by atoms with Crippen LogP contribution in [0.5, 0.6) is 0 Å². The molecular formula is C17H23N7O. The topological polar surface area (TPSA) is 88.8 Å². The van der Waals surface area contributed by atoms with E-state index in [1.165, 1.54) is 19.3 Å². The molecule has 0 aliphatic carbocycles. The van der Waals surface area contributed by atoms with Crippen LogP contribution in [0.1, 0.15) is 49.7 Å². The molecule has 1 N–H and O–H groups in total. The number of anilines is 1. The number of rotatable bonds is 2. The molecule has 8 heteroatoms. The molecule has 25 heavy (non-hydrogen) atoms. The smallest absolute Gasteiger partial charge is 0.323 e. The molecule has 0 spiro atoms. The number of nitrogens with one attached hydrogen (secondary N) is 1. The summed E-state index contributed by atoms with van der Waals surface area (Å²) < 4.78 is 2.29. The molecule has 2 aromatic rings. The monoisotopic (exact) mass is 341 g/mol. The third-order valence-corrected chi connectivity index (χ3v) is 5.02. The number of aryl methyl sites for hydroxylation is 1. The van der Waals surface area contributed by atoms with Gasteiger partial charge in [0.2, 0.25) is 0 Å². The third-order valence-electron chi connectivity index (χ3n) is 5.02. The zero-order valence-electron chi connectivity index (χ0n) is 14.3. The van der Waals surface area contributed by atoms with Crippen molar-refractivity contribution in [2.24, 2.45) is 0 Å². The summed E-state index contributed by atoms with van der Waals surface area (Å²) in [5, 5.41) is 19.4. The minimum atomic E-state index is -0.124. The molecule has 1 saturated heterocycles. The summed E-state index contributed by atoms with van der Waals surface area (Å²) in [7, 11) is 0. The Morgan fingerprint density at radius 2 is 2.08 bits per heavy atom. The second kappa shape index (κ2) is 7.16. The van der Waals surface area contributed by atoms with E-state index in [4.69, 9.17) is 0 Å². The lowest BCUT2D eigenvalue weighted by atomic mass is 9.97. The second-order valence-electron chi connectivity index (χ2n) is 6.76. The summed E-state index contributed by atoms with van der Waals surface area (Å²) in [5.41, 5.74) is 0. The molecule has 0 aromatic carbocycles. The molecule has 132 valence electrons. The fourth-order valence-electron chi connectivity index (χ4n) is 3.74. The van der Waals surface area contributed by atoms with Crippen LogP contribution in [-0.2, 0) is 13.0 Å². The Morgan fingerprint density at radius 3 is 2.96 bits per heavy atom. The Balaban J connectivity index is 1.46. The predicted octanol–water partition coefficient (Wildman–Crippen LogP) is 2.21. The van der Waals surface area contributed by atoms with E-state index in [9.17, 15) is 4.79 Å². The zero-order valence-corrected chi connectivity index (χ0v) is 14.3. The van der Waals surface area contributed by atoms with Crippen LogP contribution in [0.2, 0.25) is 0 Å². The van der Waals surface area contributed by atoms with Gasteiger partial charge in [-0.25, -0.2) is 4.79 Å². The van der Waals surface area contributed by atoms with Gasteiger partial charge in [0, 0.05) is 38.2 Å². The number of carbonyl (C=O) groups is 1. The minimum Gasteiger partial charge on any atom is -0.324 e. The highest BCUT2D eigenvalue weighted by atomic mass is 16.2. The summed E-state index contributed by atoms with van der Waals surface area (Å²) in [5.74, 6) is 2.88. The molecular weight excluding hydrogens is 318 g/mol. The van der Waals surface area contributed by atoms with Crippen molar-refractivity contribution in [3.8, 4) is 0 Å². The Labute approximate surface area is 146 Å². The molecule has 2 amide bonds. The van der Waals surface area contributed by atoms with E-state index in [-0.39, 0.29) is 11.9 Å². The average molecular weight is 341 g/mol. The molecule has 2 aliphatic heterocycles. The number of likely N-dealkylation sites (tertiary alicyclic amines) is 1. The number of urea groups is 1. The van der Waals surface area contributed by atoms with Gasteiger partial charge >= 0.3 is 6.03 Å². The number of carbonyl (C=O) groups excluding carboxylic acids is 1. The maximum absolute atomic E-state index is 12.5. The molecule has 1 unspecified atom stereocenters. The highest BCUT2D eigenvalue weighted by Gasteiger charge is 2.29. The normalized spacial score (nSPS) is 20.6. The lowest BCUT2D eigenvalue weighted by molar-refractivity contribution is 0.190. The van der Waals surface area contributed by atoms with Crippen molar-refractivity contribution in [2.45, 2.75) is 51.0 Å². The van der Waals surface area contributed by atoms with Crippen LogP contribution >= 0.6 is 0 Å². The number of hydrogen-bond donors (Lipinski definition) is 1. The van der Waals surface area contributed by atoms with Gasteiger partial charge in [0.1, 0.15) is 11.6 Å². The summed E-state index contributed by atoms with van der Waals surface area (Å²) in [6, 6.07) is 3.37. The van der Waals surface area contributed by atoms with Crippen LogP contribution in [0.25, 0.3) is 0 Å². The van der Waals surface area contributed by atoms with Gasteiger partial charge in [0.05, 0.1) is 0 Å². The highest BCUT2D eigenvalue weighted by Crippen LogP contribution is 2.28. The third kappa shape index (κ3) is 3.47. The molecule has 4 rings (SSSR count). The summed E-state index contributed by atoms with van der Waals surface area (Å²) in [6.45, 7) is 2.42. The van der Waals surface area contributed by atoms with Crippen molar-refractivity contribution in [2.75, 3.05) is 18.4 Å². The molecule has 2 aromatic heterocycles. The molecule has 1 fully saturated rings. The summed E-state index contributed by atoms with van der Waals surface area (Å²) in [4.78, 5) is 14.4. The minimum absolute atomic E-state index is 0.124. The van der Waals surface area contributed by atoms with E-state index in [0.717, 1.165) is 44.0 Å². The maximum atomic E-state index is 12.5. The van der Waals surface area contributed by atoms with Crippen LogP contribution in [0.4, 0.5) is 10.6 Å². The fraction of sp³-hybridized carbons (Fsp3) is 0.588. The van der Waals surface area contributed by atoms with Crippen molar-refractivity contribution >= 4 is 11.8 Å². The first-order chi connectivity index (χ1) is 12.3. The van der Waals surface area contributed by atoms with Crippen LogP contribution in [0.15, 0.2) is 18.3 Å². The van der Waals surface area contributed by atoms with Gasteiger partial charge in [0.25, 0.3) is 0 Å². The first-order valence-electron chi connectivity index (χ1n) is 9.07. The summed E-state index contributed by atoms with van der Waals surface area (Å²) in [6.07, 6.45) is 8.24. The van der Waals surface area contributed by atoms with Crippen molar-refractivity contribution in [3.05, 3.63) is 30.0 Å². The van der Waals surface area contributed by atoms with Crippen LogP contribution in [0.3, 0.4) is 0 Å². The molecule has 0 saturated carbocycles. The van der Waals surface area contributed by atoms with Gasteiger partial charge in [-0.3, -0.25) is 5.32 Å². The van der Waals surface area contributed by atoms with Crippen LogP contribution < -0.4 is 5.32 Å². The quantitative estimate of drug-likeness (QED) is 0.904. The van der Waals surface area contributed by atoms with E-state index in [0.29, 0.717) is 12.4 Å². The number of hydrogen-bond acceptors (Lipinski definition) is 5. The SMILES string of the molecule is O=C(Nc1cccnn1)N1CCCC(c2nnc3n2CCCCC3)C1. The van der Waals surface area contributed by atoms with Gasteiger partial charge in [-0.15, -0.1) is 15.3 Å². The van der Waals surface area contributed by atoms with Gasteiger partial charge in [0.15, 0.2) is 5.82 Å². The zero-order chi connectivity index (χ0) is 17.1. The van der Waals surface area contributed by atoms with Gasteiger partial charge in [-0.05, 0) is 37.8 Å². The molecule has 0 radical (unpaired) electrons. The number of nitrogens with zero attached hydrogens (tertiary/aromatic N) is 6. The highest BCUT2D eigenvalue weighted by molar-refractivity contribution is 5.88. The van der Waals surface area contributed by atoms with E-state index in [1.54, 1.807) is 18.3 Å². The lowest BCUT2D eigenvalue weighted by Crippen LogP contribution is -2.42. The summed E-state index contributed by atoms with van der Waals surface area (Å²) >= 11 is 0. The van der Waals surface area contributed by atoms with Crippen molar-refractivity contribution in [3.63, 3.8) is 0 Å². The number of fused-ring (bicyclic) bond motifs is 1. The van der Waals surface area contributed by atoms with E-state index < -0.39 is 0 Å². The van der Waals surface area contributed by atoms with E-state index >= 15 is 0 Å². The van der Waals surface area contributed by atoms with Gasteiger partial charge in [-0.2, -0.15) is 5.10 Å². The molecule has 8 nitrogen and oxygen atoms in total. The van der Waals surface area contributed by atoms with Gasteiger partial charge in [-0.1, -0.05) is 6.42 Å². The first kappa shape index (κ1) is 16.0. The lowest BCUT2D eigenvalue weighted by Gasteiger charge is -2.32. The number of amides is 2. The Hall–Kier alpha value is -2.51. The van der Waals surface area contributed by atoms with Crippen LogP contribution in [0, 0.1) is 0 Å². The Morgan fingerprint density at radius 1 is 1.12 bits per heavy atom. The van der Waals surface area contributed by atoms with Crippen molar-refractivity contribution < 1.29 is 4.79 Å². The Bertz CT molecular complexity index is 730. The molecule has 0 bridgehead atoms. The average Bonchev–Trinajstić information content (AvgIpc) is 2.91. The molecule has 2 aliphatic rings. The predicted molar refractivity (Wildman–Crippen MR) is 92.2 cm³/mol. The van der Waals surface area contributed by atoms with Gasteiger partial charge < -0.3 is 9.47 Å². The molecule has 1 atom stereocenters. The first-order valence-corrected chi connectivity index (χ1v) is 9.07. The maximum Gasteiger partial charge on any atom is 0.323 e. The van der Waals surface area contributed by atoms with Crippen molar-refractivity contribution in [1.29, 1.82) is 0 Å². The number of aromatic nitrogens is 5. The van der Waals surface area contributed by atoms with E-state index in [2.05, 4.69) is 30.3 Å². The number of piperidine rings is 1. The van der Waals surface area contributed by atoms with Crippen LogP contribution in [-0.4, -0.2) is 49.0 Å². The van der Waals surface area contributed by atoms with E-state index in [1.807, 2.05) is 4.90 Å². The second-order valence-corrected chi connectivity index (χ2v) is 6.76. The Kier molecular flexibility index (Phi) is 4.58. The fourth-order valence-corrected chi connectivity index (χ4v) is 3.74. The standard InChI is InChI=1S/C17H23N7O/c25-17(19-14-7-4-9-18-20-14)23-10-5-6-13(12-23)16-22-21-15-8-2-1-3-11-24(15)16/h4,7,9,13H,1-3,5-6,8,10-12H2,(H,19,20,25). The largest absolute Gasteiger partial charge is 0.324 e. The van der Waals surface area contributed by atoms with Crippen molar-refractivity contribution in [1.82, 2.24) is 29.9 Å².